The Kier molecular flexibility index (Phi) is 6.33. The van der Waals surface area contributed by atoms with Crippen molar-refractivity contribution in [3.63, 3.8) is 0 Å². The number of nitrogens with one attached hydrogen (secondary N) is 1. The third-order valence-electron chi connectivity index (χ3n) is 3.14. The van der Waals surface area contributed by atoms with Crippen molar-refractivity contribution >= 4 is 34.6 Å². The zero-order valence-electron chi connectivity index (χ0n) is 13.2. The number of nitro benzene ring substituents is 2. The number of thiophene rings is 1. The molecule has 0 saturated carbocycles. The summed E-state index contributed by atoms with van der Waals surface area (Å²) >= 11 is 1.30. The number of hydrogen-bond donors (Lipinski definition) is 1. The van der Waals surface area contributed by atoms with Gasteiger partial charge in [0.2, 0.25) is 0 Å². The number of esters is 1. The molecule has 1 aromatic heterocycles. The van der Waals surface area contributed by atoms with Gasteiger partial charge in [-0.1, -0.05) is 6.07 Å². The highest BCUT2D eigenvalue weighted by Crippen LogP contribution is 2.23. The van der Waals surface area contributed by atoms with Gasteiger partial charge in [0.25, 0.3) is 17.3 Å². The minimum atomic E-state index is -0.915. The first-order valence-corrected chi connectivity index (χ1v) is 8.19. The fourth-order valence-electron chi connectivity index (χ4n) is 1.94. The minimum Gasteiger partial charge on any atom is -0.462 e. The molecule has 0 spiro atoms. The van der Waals surface area contributed by atoms with E-state index < -0.39 is 27.2 Å². The third-order valence-corrected chi connectivity index (χ3v) is 4.01. The third kappa shape index (κ3) is 5.08. The maximum absolute atomic E-state index is 11.9. The first kappa shape index (κ1) is 19.0. The van der Waals surface area contributed by atoms with Gasteiger partial charge in [0.05, 0.1) is 33.0 Å². The molecule has 26 heavy (non-hydrogen) atoms. The van der Waals surface area contributed by atoms with Crippen molar-refractivity contribution in [2.24, 2.45) is 0 Å². The number of carbonyl (C=O) groups excluding carboxylic acids is 2. The van der Waals surface area contributed by atoms with E-state index in [1.165, 1.54) is 11.3 Å². The second-order valence-corrected chi connectivity index (χ2v) is 5.92. The Bertz CT molecular complexity index is 804. The topological polar surface area (TPSA) is 142 Å². The highest BCUT2D eigenvalue weighted by molar-refractivity contribution is 7.12. The van der Waals surface area contributed by atoms with Gasteiger partial charge in [-0.05, 0) is 17.9 Å². The number of amides is 1. The highest BCUT2D eigenvalue weighted by Gasteiger charge is 2.20. The summed E-state index contributed by atoms with van der Waals surface area (Å²) in [7, 11) is 0. The fourth-order valence-corrected chi connectivity index (χ4v) is 2.58. The van der Waals surface area contributed by atoms with E-state index in [1.807, 2.05) is 0 Å². The molecule has 0 radical (unpaired) electrons. The first-order valence-electron chi connectivity index (χ1n) is 7.31. The molecule has 10 nitrogen and oxygen atoms in total. The van der Waals surface area contributed by atoms with Crippen LogP contribution < -0.4 is 5.32 Å². The number of rotatable bonds is 8. The maximum atomic E-state index is 11.9. The lowest BCUT2D eigenvalue weighted by Gasteiger charge is -2.06. The standard InChI is InChI=1S/C15H13N3O7S/c19-14(13-3-1-6-26-13)16-4-2-5-25-15(20)10-7-11(17(21)22)9-12(8-10)18(23)24/h1,3,6-9H,2,4-5H2,(H,16,19). The summed E-state index contributed by atoms with van der Waals surface area (Å²) in [6.45, 7) is 0.207. The summed E-state index contributed by atoms with van der Waals surface area (Å²) in [5.41, 5.74) is -1.43. The number of nitro groups is 2. The van der Waals surface area contributed by atoms with E-state index in [4.69, 9.17) is 4.74 Å². The van der Waals surface area contributed by atoms with Gasteiger partial charge < -0.3 is 10.1 Å². The zero-order chi connectivity index (χ0) is 19.1. The van der Waals surface area contributed by atoms with Crippen LogP contribution in [0.2, 0.25) is 0 Å². The predicted molar refractivity (Wildman–Crippen MR) is 91.3 cm³/mol. The number of ether oxygens (including phenoxy) is 1. The van der Waals surface area contributed by atoms with Gasteiger partial charge in [-0.2, -0.15) is 0 Å². The number of hydrogen-bond acceptors (Lipinski definition) is 8. The quantitative estimate of drug-likeness (QED) is 0.321. The molecule has 0 bridgehead atoms. The van der Waals surface area contributed by atoms with Crippen LogP contribution in [0.4, 0.5) is 11.4 Å². The molecule has 11 heteroatoms. The molecule has 2 aromatic rings. The van der Waals surface area contributed by atoms with E-state index in [0.717, 1.165) is 18.2 Å². The first-order chi connectivity index (χ1) is 12.4. The average Bonchev–Trinajstić information content (AvgIpc) is 3.15. The van der Waals surface area contributed by atoms with Crippen molar-refractivity contribution < 1.29 is 24.2 Å². The molecule has 136 valence electrons. The van der Waals surface area contributed by atoms with Crippen molar-refractivity contribution in [3.05, 3.63) is 66.4 Å². The molecule has 0 unspecified atom stereocenters. The molecule has 1 N–H and O–H groups in total. The predicted octanol–water partition coefficient (Wildman–Crippen LogP) is 2.54. The fraction of sp³-hybridized carbons (Fsp3) is 0.200. The van der Waals surface area contributed by atoms with Crippen molar-refractivity contribution in [1.29, 1.82) is 0 Å². The lowest BCUT2D eigenvalue weighted by Crippen LogP contribution is -2.24. The van der Waals surface area contributed by atoms with E-state index in [2.05, 4.69) is 5.32 Å². The monoisotopic (exact) mass is 379 g/mol. The molecule has 1 heterocycles. The summed E-state index contributed by atoms with van der Waals surface area (Å²) in [5.74, 6) is -1.15. The van der Waals surface area contributed by atoms with Crippen molar-refractivity contribution in [2.75, 3.05) is 13.2 Å². The normalized spacial score (nSPS) is 10.2. The van der Waals surface area contributed by atoms with Crippen molar-refractivity contribution in [3.8, 4) is 0 Å². The van der Waals surface area contributed by atoms with Crippen molar-refractivity contribution in [1.82, 2.24) is 5.32 Å². The molecule has 0 atom stereocenters. The summed E-state index contributed by atoms with van der Waals surface area (Å²) in [5, 5.41) is 26.0. The van der Waals surface area contributed by atoms with Gasteiger partial charge in [0, 0.05) is 18.7 Å². The van der Waals surface area contributed by atoms with Crippen LogP contribution in [-0.4, -0.2) is 34.9 Å². The van der Waals surface area contributed by atoms with Gasteiger partial charge in [-0.15, -0.1) is 11.3 Å². The molecule has 0 aliphatic heterocycles. The van der Waals surface area contributed by atoms with Crippen LogP contribution >= 0.6 is 11.3 Å². The molecular weight excluding hydrogens is 366 g/mol. The molecule has 1 amide bonds. The summed E-state index contributed by atoms with van der Waals surface area (Å²) in [6, 6.07) is 6.01. The van der Waals surface area contributed by atoms with E-state index in [9.17, 15) is 29.8 Å². The van der Waals surface area contributed by atoms with Crippen LogP contribution in [0, 0.1) is 20.2 Å². The smallest absolute Gasteiger partial charge is 0.338 e. The Hall–Kier alpha value is -3.34. The van der Waals surface area contributed by atoms with Crippen molar-refractivity contribution in [2.45, 2.75) is 6.42 Å². The van der Waals surface area contributed by atoms with Crippen LogP contribution in [-0.2, 0) is 4.74 Å². The summed E-state index contributed by atoms with van der Waals surface area (Å²) in [6.07, 6.45) is 0.319. The van der Waals surface area contributed by atoms with E-state index in [-0.39, 0.29) is 24.6 Å². The lowest BCUT2D eigenvalue weighted by atomic mass is 10.2. The number of nitrogens with zero attached hydrogens (tertiary/aromatic N) is 2. The average molecular weight is 379 g/mol. The molecule has 0 saturated heterocycles. The van der Waals surface area contributed by atoms with Crippen LogP contribution in [0.15, 0.2) is 35.7 Å². The van der Waals surface area contributed by atoms with E-state index in [0.29, 0.717) is 11.3 Å². The van der Waals surface area contributed by atoms with Crippen LogP contribution in [0.25, 0.3) is 0 Å². The van der Waals surface area contributed by atoms with Gasteiger partial charge in [-0.3, -0.25) is 25.0 Å². The summed E-state index contributed by atoms with van der Waals surface area (Å²) in [4.78, 5) is 44.1. The van der Waals surface area contributed by atoms with Gasteiger partial charge in [0.1, 0.15) is 0 Å². The second-order valence-electron chi connectivity index (χ2n) is 4.97. The highest BCUT2D eigenvalue weighted by atomic mass is 32.1. The number of non-ortho nitro benzene ring substituents is 2. The Morgan fingerprint density at radius 3 is 2.31 bits per heavy atom. The van der Waals surface area contributed by atoms with Crippen LogP contribution in [0.1, 0.15) is 26.5 Å². The number of benzene rings is 1. The largest absolute Gasteiger partial charge is 0.462 e. The molecule has 1 aromatic carbocycles. The molecule has 0 aliphatic rings. The Labute approximate surface area is 150 Å². The van der Waals surface area contributed by atoms with Gasteiger partial charge >= 0.3 is 5.97 Å². The molecule has 0 fully saturated rings. The Morgan fingerprint density at radius 2 is 1.77 bits per heavy atom. The van der Waals surface area contributed by atoms with Crippen LogP contribution in [0.5, 0.6) is 0 Å². The Balaban J connectivity index is 1.86. The lowest BCUT2D eigenvalue weighted by molar-refractivity contribution is -0.394. The molecule has 2 rings (SSSR count). The Morgan fingerprint density at radius 1 is 1.12 bits per heavy atom. The second kappa shape index (κ2) is 8.67. The van der Waals surface area contributed by atoms with Gasteiger partial charge in [0.15, 0.2) is 0 Å². The van der Waals surface area contributed by atoms with E-state index >= 15 is 0 Å². The zero-order valence-corrected chi connectivity index (χ0v) is 14.1. The van der Waals surface area contributed by atoms with Crippen LogP contribution in [0.3, 0.4) is 0 Å². The molecule has 0 aliphatic carbocycles. The number of carbonyl (C=O) groups is 2. The maximum Gasteiger partial charge on any atom is 0.338 e. The van der Waals surface area contributed by atoms with E-state index in [1.54, 1.807) is 17.5 Å². The molecular formula is C15H13N3O7S. The SMILES string of the molecule is O=C(OCCCNC(=O)c1cccs1)c1cc([N+](=O)[O-])cc([N+](=O)[O-])c1. The van der Waals surface area contributed by atoms with Gasteiger partial charge in [-0.25, -0.2) is 4.79 Å². The minimum absolute atomic E-state index is 0.0555. The summed E-state index contributed by atoms with van der Waals surface area (Å²) < 4.78 is 4.94.